The van der Waals surface area contributed by atoms with Gasteiger partial charge in [-0.1, -0.05) is 23.7 Å². The van der Waals surface area contributed by atoms with Gasteiger partial charge in [-0.15, -0.1) is 11.3 Å². The number of halogens is 1. The lowest BCUT2D eigenvalue weighted by molar-refractivity contribution is -0.142. The molecule has 0 saturated carbocycles. The van der Waals surface area contributed by atoms with Crippen LogP contribution in [-0.4, -0.2) is 42.0 Å². The molecule has 0 bridgehead atoms. The highest BCUT2D eigenvalue weighted by atomic mass is 35.5. The Bertz CT molecular complexity index is 800. The van der Waals surface area contributed by atoms with Crippen LogP contribution in [0.15, 0.2) is 36.4 Å². The highest BCUT2D eigenvalue weighted by Gasteiger charge is 2.24. The summed E-state index contributed by atoms with van der Waals surface area (Å²) in [5.41, 5.74) is 2.12. The highest BCUT2D eigenvalue weighted by Crippen LogP contribution is 2.26. The molecule has 0 atom stereocenters. The molecule has 138 valence electrons. The molecule has 1 aliphatic rings. The van der Waals surface area contributed by atoms with Gasteiger partial charge < -0.3 is 14.9 Å². The average Bonchev–Trinajstić information content (AvgIpc) is 3.07. The molecular weight excluding hydrogens is 372 g/mol. The molecule has 7 heteroatoms. The molecule has 0 unspecified atom stereocenters. The molecule has 1 N–H and O–H groups in total. The maximum atomic E-state index is 12.5. The van der Waals surface area contributed by atoms with E-state index in [2.05, 4.69) is 11.0 Å². The Morgan fingerprint density at radius 1 is 1.27 bits per heavy atom. The van der Waals surface area contributed by atoms with E-state index in [0.29, 0.717) is 28.6 Å². The number of benzene rings is 1. The Morgan fingerprint density at radius 2 is 2.00 bits per heavy atom. The minimum atomic E-state index is -0.702. The Morgan fingerprint density at radius 3 is 2.62 bits per heavy atom. The molecule has 2 aromatic rings. The first-order valence-corrected chi connectivity index (χ1v) is 9.71. The van der Waals surface area contributed by atoms with Crippen LogP contribution in [0.2, 0.25) is 4.34 Å². The summed E-state index contributed by atoms with van der Waals surface area (Å²) in [5, 5.41) is 9.12. The third kappa shape index (κ3) is 4.37. The van der Waals surface area contributed by atoms with Crippen molar-refractivity contribution in [3.63, 3.8) is 0 Å². The van der Waals surface area contributed by atoms with E-state index in [0.717, 1.165) is 24.3 Å². The first kappa shape index (κ1) is 18.7. The number of thiophene rings is 1. The lowest BCUT2D eigenvalue weighted by Gasteiger charge is -2.32. The molecule has 1 fully saturated rings. The van der Waals surface area contributed by atoms with E-state index >= 15 is 0 Å². The van der Waals surface area contributed by atoms with Gasteiger partial charge in [-0.2, -0.15) is 0 Å². The molecule has 1 saturated heterocycles. The minimum Gasteiger partial charge on any atom is -0.481 e. The summed E-state index contributed by atoms with van der Waals surface area (Å²) < 4.78 is 0.605. The first-order chi connectivity index (χ1) is 12.4. The van der Waals surface area contributed by atoms with Crippen molar-refractivity contribution in [3.8, 4) is 0 Å². The van der Waals surface area contributed by atoms with Crippen molar-refractivity contribution in [2.75, 3.05) is 25.0 Å². The minimum absolute atomic E-state index is 0.0467. The average molecular weight is 393 g/mol. The molecule has 0 spiro atoms. The van der Waals surface area contributed by atoms with Crippen molar-refractivity contribution in [3.05, 3.63) is 51.2 Å². The summed E-state index contributed by atoms with van der Waals surface area (Å²) in [6.07, 6.45) is 1.33. The van der Waals surface area contributed by atoms with Gasteiger partial charge in [0.15, 0.2) is 0 Å². The molecule has 0 radical (unpaired) electrons. The molecule has 1 aromatic carbocycles. The van der Waals surface area contributed by atoms with Crippen LogP contribution in [-0.2, 0) is 11.3 Å². The van der Waals surface area contributed by atoms with Gasteiger partial charge in [-0.25, -0.2) is 0 Å². The van der Waals surface area contributed by atoms with Crippen molar-refractivity contribution < 1.29 is 14.7 Å². The summed E-state index contributed by atoms with van der Waals surface area (Å²) >= 11 is 7.19. The standard InChI is InChI=1S/C19H21ClN2O3S/c1-21(18(23)16-5-6-17(20)26-16)12-13-3-2-4-15(11-13)22-9-7-14(8-10-22)19(24)25/h2-6,11,14H,7-10,12H2,1H3,(H,24,25). The van der Waals surface area contributed by atoms with Crippen LogP contribution < -0.4 is 4.90 Å². The normalized spacial score (nSPS) is 15.1. The quantitative estimate of drug-likeness (QED) is 0.836. The van der Waals surface area contributed by atoms with E-state index in [-0.39, 0.29) is 11.8 Å². The van der Waals surface area contributed by atoms with Crippen LogP contribution in [0.3, 0.4) is 0 Å². The van der Waals surface area contributed by atoms with Crippen molar-refractivity contribution >= 4 is 40.5 Å². The van der Waals surface area contributed by atoms with Crippen LogP contribution in [0.4, 0.5) is 5.69 Å². The van der Waals surface area contributed by atoms with Crippen molar-refractivity contribution in [1.29, 1.82) is 0 Å². The molecule has 1 aromatic heterocycles. The number of amides is 1. The second kappa shape index (κ2) is 8.10. The zero-order chi connectivity index (χ0) is 18.7. The number of anilines is 1. The van der Waals surface area contributed by atoms with Crippen LogP contribution in [0, 0.1) is 5.92 Å². The number of hydrogen-bond acceptors (Lipinski definition) is 4. The van der Waals surface area contributed by atoms with Gasteiger partial charge in [0.1, 0.15) is 0 Å². The summed E-state index contributed by atoms with van der Waals surface area (Å²) in [4.78, 5) is 28.1. The number of rotatable bonds is 5. The lowest BCUT2D eigenvalue weighted by atomic mass is 9.96. The Hall–Kier alpha value is -2.05. The molecule has 1 aliphatic heterocycles. The fraction of sp³-hybridized carbons (Fsp3) is 0.368. The lowest BCUT2D eigenvalue weighted by Crippen LogP contribution is -2.36. The fourth-order valence-electron chi connectivity index (χ4n) is 3.20. The summed E-state index contributed by atoms with van der Waals surface area (Å²) in [7, 11) is 1.78. The van der Waals surface area contributed by atoms with Gasteiger partial charge in [0.2, 0.25) is 0 Å². The molecule has 0 aliphatic carbocycles. The molecule has 26 heavy (non-hydrogen) atoms. The summed E-state index contributed by atoms with van der Waals surface area (Å²) in [5.74, 6) is -0.988. The van der Waals surface area contributed by atoms with E-state index in [1.54, 1.807) is 24.1 Å². The molecule has 3 rings (SSSR count). The van der Waals surface area contributed by atoms with Gasteiger partial charge in [-0.05, 0) is 42.7 Å². The van der Waals surface area contributed by atoms with Gasteiger partial charge in [0.05, 0.1) is 15.1 Å². The number of hydrogen-bond donors (Lipinski definition) is 1. The molecule has 1 amide bonds. The van der Waals surface area contributed by atoms with E-state index < -0.39 is 5.97 Å². The Labute approximate surface area is 161 Å². The van der Waals surface area contributed by atoms with Gasteiger partial charge in [-0.3, -0.25) is 9.59 Å². The third-order valence-corrected chi connectivity index (χ3v) is 5.89. The number of carbonyl (C=O) groups is 2. The number of carbonyl (C=O) groups excluding carboxylic acids is 1. The van der Waals surface area contributed by atoms with Gasteiger partial charge >= 0.3 is 5.97 Å². The highest BCUT2D eigenvalue weighted by molar-refractivity contribution is 7.17. The van der Waals surface area contributed by atoms with E-state index in [1.807, 2.05) is 18.2 Å². The zero-order valence-electron chi connectivity index (χ0n) is 14.5. The maximum absolute atomic E-state index is 12.5. The van der Waals surface area contributed by atoms with Crippen LogP contribution in [0.5, 0.6) is 0 Å². The second-order valence-electron chi connectivity index (χ2n) is 6.53. The van der Waals surface area contributed by atoms with E-state index in [4.69, 9.17) is 16.7 Å². The van der Waals surface area contributed by atoms with E-state index in [9.17, 15) is 9.59 Å². The smallest absolute Gasteiger partial charge is 0.306 e. The monoisotopic (exact) mass is 392 g/mol. The first-order valence-electron chi connectivity index (χ1n) is 8.51. The van der Waals surface area contributed by atoms with Crippen molar-refractivity contribution in [1.82, 2.24) is 4.90 Å². The maximum Gasteiger partial charge on any atom is 0.306 e. The van der Waals surface area contributed by atoms with E-state index in [1.165, 1.54) is 11.3 Å². The van der Waals surface area contributed by atoms with Crippen molar-refractivity contribution in [2.45, 2.75) is 19.4 Å². The third-order valence-electron chi connectivity index (χ3n) is 4.67. The van der Waals surface area contributed by atoms with Crippen LogP contribution in [0.25, 0.3) is 0 Å². The van der Waals surface area contributed by atoms with Crippen LogP contribution in [0.1, 0.15) is 28.1 Å². The van der Waals surface area contributed by atoms with Crippen molar-refractivity contribution in [2.24, 2.45) is 5.92 Å². The topological polar surface area (TPSA) is 60.9 Å². The summed E-state index contributed by atoms with van der Waals surface area (Å²) in [6.45, 7) is 1.99. The van der Waals surface area contributed by atoms with Gasteiger partial charge in [0, 0.05) is 32.4 Å². The number of carboxylic acid groups (broad SMARTS) is 1. The predicted octanol–water partition coefficient (Wildman–Crippen LogP) is 3.97. The fourth-order valence-corrected chi connectivity index (χ4v) is 4.24. The molecule has 2 heterocycles. The van der Waals surface area contributed by atoms with Crippen LogP contribution >= 0.6 is 22.9 Å². The van der Waals surface area contributed by atoms with Gasteiger partial charge in [0.25, 0.3) is 5.91 Å². The number of nitrogens with zero attached hydrogens (tertiary/aromatic N) is 2. The Kier molecular flexibility index (Phi) is 5.84. The zero-order valence-corrected chi connectivity index (χ0v) is 16.1. The molecule has 5 nitrogen and oxygen atoms in total. The Balaban J connectivity index is 1.64. The predicted molar refractivity (Wildman–Crippen MR) is 104 cm³/mol. The second-order valence-corrected chi connectivity index (χ2v) is 8.25. The number of carboxylic acids is 1. The number of piperidine rings is 1. The molecular formula is C19H21ClN2O3S. The largest absolute Gasteiger partial charge is 0.481 e. The number of aliphatic carboxylic acids is 1. The SMILES string of the molecule is CN(Cc1cccc(N2CCC(C(=O)O)CC2)c1)C(=O)c1ccc(Cl)s1. The summed E-state index contributed by atoms with van der Waals surface area (Å²) in [6, 6.07) is 11.6.